The fraction of sp³-hybridized carbons (Fsp3) is 0.600. The zero-order valence-electron chi connectivity index (χ0n) is 8.95. The summed E-state index contributed by atoms with van der Waals surface area (Å²) in [5.41, 5.74) is 5.63. The van der Waals surface area contributed by atoms with Crippen LogP contribution in [0.3, 0.4) is 0 Å². The van der Waals surface area contributed by atoms with Gasteiger partial charge in [-0.25, -0.2) is 0 Å². The number of ketones is 1. The van der Waals surface area contributed by atoms with Gasteiger partial charge in [0, 0.05) is 25.2 Å². The van der Waals surface area contributed by atoms with Gasteiger partial charge in [-0.1, -0.05) is 13.8 Å². The summed E-state index contributed by atoms with van der Waals surface area (Å²) in [5, 5.41) is 4.08. The van der Waals surface area contributed by atoms with Gasteiger partial charge < -0.3 is 5.73 Å². The molecule has 4 heteroatoms. The molecule has 1 unspecified atom stereocenters. The van der Waals surface area contributed by atoms with Gasteiger partial charge in [0.2, 0.25) is 0 Å². The van der Waals surface area contributed by atoms with Gasteiger partial charge in [-0.05, 0) is 12.5 Å². The standard InChI is InChI=1S/C10H17N3O/c1-4-10(2,7-11)9(14)8-5-6-13(3)12-8/h5-6H,4,7,11H2,1-3H3. The van der Waals surface area contributed by atoms with E-state index in [0.717, 1.165) is 6.42 Å². The maximum atomic E-state index is 12.0. The highest BCUT2D eigenvalue weighted by atomic mass is 16.1. The normalized spacial score (nSPS) is 15.1. The first-order valence-corrected chi connectivity index (χ1v) is 4.78. The van der Waals surface area contributed by atoms with Crippen LogP contribution in [0.1, 0.15) is 30.8 Å². The topological polar surface area (TPSA) is 60.9 Å². The second-order valence-corrected chi connectivity index (χ2v) is 3.82. The molecule has 0 radical (unpaired) electrons. The molecule has 0 aromatic carbocycles. The molecule has 0 spiro atoms. The Morgan fingerprint density at radius 2 is 2.36 bits per heavy atom. The average molecular weight is 195 g/mol. The summed E-state index contributed by atoms with van der Waals surface area (Å²) in [6.45, 7) is 4.20. The molecule has 1 atom stereocenters. The molecule has 0 aliphatic carbocycles. The van der Waals surface area contributed by atoms with Crippen LogP contribution in [0.15, 0.2) is 12.3 Å². The smallest absolute Gasteiger partial charge is 0.190 e. The predicted molar refractivity (Wildman–Crippen MR) is 55.0 cm³/mol. The van der Waals surface area contributed by atoms with Crippen LogP contribution in [-0.2, 0) is 7.05 Å². The van der Waals surface area contributed by atoms with E-state index in [2.05, 4.69) is 5.10 Å². The van der Waals surface area contributed by atoms with Crippen LogP contribution in [0.2, 0.25) is 0 Å². The van der Waals surface area contributed by atoms with Gasteiger partial charge in [-0.2, -0.15) is 5.10 Å². The Morgan fingerprint density at radius 3 is 2.71 bits per heavy atom. The number of carbonyl (C=O) groups excluding carboxylic acids is 1. The van der Waals surface area contributed by atoms with Crippen molar-refractivity contribution in [3.05, 3.63) is 18.0 Å². The Kier molecular flexibility index (Phi) is 3.06. The number of nitrogens with two attached hydrogens (primary N) is 1. The summed E-state index contributed by atoms with van der Waals surface area (Å²) >= 11 is 0. The number of Topliss-reactive ketones (excluding diaryl/α,β-unsaturated/α-hetero) is 1. The van der Waals surface area contributed by atoms with Gasteiger partial charge in [-0.15, -0.1) is 0 Å². The van der Waals surface area contributed by atoms with Gasteiger partial charge in [0.25, 0.3) is 0 Å². The third-order valence-corrected chi connectivity index (χ3v) is 2.73. The van der Waals surface area contributed by atoms with Crippen LogP contribution < -0.4 is 5.73 Å². The van der Waals surface area contributed by atoms with Crippen LogP contribution in [0, 0.1) is 5.41 Å². The number of hydrogen-bond acceptors (Lipinski definition) is 3. The van der Waals surface area contributed by atoms with Gasteiger partial charge in [-0.3, -0.25) is 9.48 Å². The molecular weight excluding hydrogens is 178 g/mol. The minimum absolute atomic E-state index is 0.0306. The lowest BCUT2D eigenvalue weighted by molar-refractivity contribution is 0.0814. The van der Waals surface area contributed by atoms with Crippen LogP contribution in [-0.4, -0.2) is 22.1 Å². The Labute approximate surface area is 84.1 Å². The van der Waals surface area contributed by atoms with Crippen LogP contribution in [0.25, 0.3) is 0 Å². The molecule has 2 N–H and O–H groups in total. The fourth-order valence-electron chi connectivity index (χ4n) is 1.24. The van der Waals surface area contributed by atoms with Crippen LogP contribution in [0.4, 0.5) is 0 Å². The Hall–Kier alpha value is -1.16. The molecular formula is C10H17N3O. The number of hydrogen-bond donors (Lipinski definition) is 1. The first-order chi connectivity index (χ1) is 6.53. The van der Waals surface area contributed by atoms with Crippen molar-refractivity contribution in [2.24, 2.45) is 18.2 Å². The van der Waals surface area contributed by atoms with Gasteiger partial charge in [0.1, 0.15) is 5.69 Å². The van der Waals surface area contributed by atoms with Crippen molar-refractivity contribution < 1.29 is 4.79 Å². The van der Waals surface area contributed by atoms with E-state index in [0.29, 0.717) is 12.2 Å². The molecule has 14 heavy (non-hydrogen) atoms. The molecule has 4 nitrogen and oxygen atoms in total. The number of nitrogens with zero attached hydrogens (tertiary/aromatic N) is 2. The average Bonchev–Trinajstić information content (AvgIpc) is 2.62. The lowest BCUT2D eigenvalue weighted by Gasteiger charge is -2.23. The van der Waals surface area contributed by atoms with Crippen molar-refractivity contribution in [1.82, 2.24) is 9.78 Å². The van der Waals surface area contributed by atoms with Crippen molar-refractivity contribution in [2.75, 3.05) is 6.54 Å². The van der Waals surface area contributed by atoms with Crippen molar-refractivity contribution in [3.8, 4) is 0 Å². The summed E-state index contributed by atoms with van der Waals surface area (Å²) in [5.74, 6) is 0.0306. The monoisotopic (exact) mass is 195 g/mol. The Balaban J connectivity index is 2.94. The molecule has 1 heterocycles. The van der Waals surface area contributed by atoms with Gasteiger partial charge >= 0.3 is 0 Å². The molecule has 0 aliphatic heterocycles. The SMILES string of the molecule is CCC(C)(CN)C(=O)c1ccn(C)n1. The molecule has 0 saturated carbocycles. The number of carbonyl (C=O) groups is 1. The minimum atomic E-state index is -0.478. The largest absolute Gasteiger partial charge is 0.329 e. The van der Waals surface area contributed by atoms with Crippen LogP contribution >= 0.6 is 0 Å². The second kappa shape index (κ2) is 3.92. The lowest BCUT2D eigenvalue weighted by Crippen LogP contribution is -2.35. The van der Waals surface area contributed by atoms with E-state index in [1.165, 1.54) is 0 Å². The zero-order chi connectivity index (χ0) is 10.8. The summed E-state index contributed by atoms with van der Waals surface area (Å²) < 4.78 is 1.62. The second-order valence-electron chi connectivity index (χ2n) is 3.82. The van der Waals surface area contributed by atoms with Crippen molar-refractivity contribution in [1.29, 1.82) is 0 Å². The van der Waals surface area contributed by atoms with Gasteiger partial charge in [0.05, 0.1) is 0 Å². The first kappa shape index (κ1) is 10.9. The molecule has 0 bridgehead atoms. The van der Waals surface area contributed by atoms with E-state index in [1.807, 2.05) is 13.8 Å². The van der Waals surface area contributed by atoms with Gasteiger partial charge in [0.15, 0.2) is 5.78 Å². The van der Waals surface area contributed by atoms with Crippen molar-refractivity contribution in [2.45, 2.75) is 20.3 Å². The third-order valence-electron chi connectivity index (χ3n) is 2.73. The molecule has 0 saturated heterocycles. The summed E-state index contributed by atoms with van der Waals surface area (Å²) in [6, 6.07) is 1.73. The highest BCUT2D eigenvalue weighted by molar-refractivity contribution is 5.98. The Bertz CT molecular complexity index is 326. The van der Waals surface area contributed by atoms with E-state index in [1.54, 1.807) is 24.0 Å². The third kappa shape index (κ3) is 1.85. The molecule has 1 aromatic rings. The van der Waals surface area contributed by atoms with E-state index < -0.39 is 5.41 Å². The van der Waals surface area contributed by atoms with E-state index in [-0.39, 0.29) is 5.78 Å². The summed E-state index contributed by atoms with van der Waals surface area (Å²) in [6.07, 6.45) is 2.50. The minimum Gasteiger partial charge on any atom is -0.329 e. The summed E-state index contributed by atoms with van der Waals surface area (Å²) in [7, 11) is 1.79. The van der Waals surface area contributed by atoms with Crippen molar-refractivity contribution >= 4 is 5.78 Å². The molecule has 1 rings (SSSR count). The first-order valence-electron chi connectivity index (χ1n) is 4.78. The fourth-order valence-corrected chi connectivity index (χ4v) is 1.24. The maximum absolute atomic E-state index is 12.0. The van der Waals surface area contributed by atoms with Crippen LogP contribution in [0.5, 0.6) is 0 Å². The van der Waals surface area contributed by atoms with E-state index in [9.17, 15) is 4.79 Å². The lowest BCUT2D eigenvalue weighted by atomic mass is 9.82. The molecule has 0 amide bonds. The Morgan fingerprint density at radius 1 is 1.71 bits per heavy atom. The van der Waals surface area contributed by atoms with E-state index >= 15 is 0 Å². The van der Waals surface area contributed by atoms with Crippen molar-refractivity contribution in [3.63, 3.8) is 0 Å². The highest BCUT2D eigenvalue weighted by Gasteiger charge is 2.31. The molecule has 0 fully saturated rings. The number of aromatic nitrogens is 2. The quantitative estimate of drug-likeness (QED) is 0.728. The highest BCUT2D eigenvalue weighted by Crippen LogP contribution is 2.24. The zero-order valence-corrected chi connectivity index (χ0v) is 8.95. The predicted octanol–water partition coefficient (Wildman–Crippen LogP) is 0.978. The summed E-state index contributed by atoms with van der Waals surface area (Å²) in [4.78, 5) is 12.0. The number of aryl methyl sites for hydroxylation is 1. The maximum Gasteiger partial charge on any atom is 0.190 e. The molecule has 78 valence electrons. The van der Waals surface area contributed by atoms with E-state index in [4.69, 9.17) is 5.73 Å². The molecule has 0 aliphatic rings. The molecule has 1 aromatic heterocycles. The number of rotatable bonds is 4.